The predicted octanol–water partition coefficient (Wildman–Crippen LogP) is 2.53. The lowest BCUT2D eigenvalue weighted by Crippen LogP contribution is -2.28. The van der Waals surface area contributed by atoms with E-state index >= 15 is 0 Å². The van der Waals surface area contributed by atoms with Crippen molar-refractivity contribution >= 4 is 23.4 Å². The minimum atomic E-state index is -0.785. The number of hydrogen-bond donors (Lipinski definition) is 3. The summed E-state index contributed by atoms with van der Waals surface area (Å²) in [6.07, 6.45) is 3.16. The van der Waals surface area contributed by atoms with Gasteiger partial charge in [-0.2, -0.15) is 0 Å². The Balaban J connectivity index is 2.16. The van der Waals surface area contributed by atoms with Crippen LogP contribution in [0.5, 0.6) is 0 Å². The monoisotopic (exact) mass is 354 g/mol. The van der Waals surface area contributed by atoms with Crippen LogP contribution in [0.2, 0.25) is 0 Å². The van der Waals surface area contributed by atoms with E-state index in [0.717, 1.165) is 23.2 Å². The van der Waals surface area contributed by atoms with Crippen molar-refractivity contribution in [2.75, 3.05) is 5.32 Å². The van der Waals surface area contributed by atoms with Crippen LogP contribution in [0.25, 0.3) is 5.69 Å². The first-order valence-electron chi connectivity index (χ1n) is 8.34. The SMILES string of the molecule is Cc1cn(-c2ccc(C(N)=O)c(NC(N)=O)c2)c2c1C(=O)CC(C)(C)C2. The highest BCUT2D eigenvalue weighted by Gasteiger charge is 2.34. The number of rotatable bonds is 3. The molecule has 1 aliphatic rings. The third kappa shape index (κ3) is 3.08. The summed E-state index contributed by atoms with van der Waals surface area (Å²) in [7, 11) is 0. The highest BCUT2D eigenvalue weighted by Crippen LogP contribution is 2.38. The van der Waals surface area contributed by atoms with Crippen LogP contribution in [0, 0.1) is 12.3 Å². The molecule has 1 heterocycles. The van der Waals surface area contributed by atoms with Gasteiger partial charge in [-0.1, -0.05) is 13.8 Å². The van der Waals surface area contributed by atoms with Gasteiger partial charge in [-0.05, 0) is 42.5 Å². The second kappa shape index (κ2) is 6.01. The van der Waals surface area contributed by atoms with Gasteiger partial charge in [-0.3, -0.25) is 9.59 Å². The number of nitrogens with two attached hydrogens (primary N) is 2. The summed E-state index contributed by atoms with van der Waals surface area (Å²) in [4.78, 5) is 35.4. The van der Waals surface area contributed by atoms with Crippen LogP contribution < -0.4 is 16.8 Å². The lowest BCUT2D eigenvalue weighted by atomic mass is 9.75. The smallest absolute Gasteiger partial charge is 0.316 e. The van der Waals surface area contributed by atoms with Gasteiger partial charge in [0.25, 0.3) is 5.91 Å². The third-order valence-corrected chi connectivity index (χ3v) is 4.67. The Morgan fingerprint density at radius 1 is 1.19 bits per heavy atom. The van der Waals surface area contributed by atoms with Gasteiger partial charge in [0.2, 0.25) is 0 Å². The summed E-state index contributed by atoms with van der Waals surface area (Å²) in [5.41, 5.74) is 14.2. The molecule has 0 aliphatic heterocycles. The van der Waals surface area contributed by atoms with Crippen LogP contribution >= 0.6 is 0 Å². The molecule has 7 heteroatoms. The first-order valence-corrected chi connectivity index (χ1v) is 8.34. The Hall–Kier alpha value is -3.09. The molecule has 0 atom stereocenters. The highest BCUT2D eigenvalue weighted by atomic mass is 16.2. The number of nitrogens with zero attached hydrogens (tertiary/aromatic N) is 1. The number of Topliss-reactive ketones (excluding diaryl/α,β-unsaturated/α-hetero) is 1. The molecule has 136 valence electrons. The number of amides is 3. The van der Waals surface area contributed by atoms with Gasteiger partial charge in [0.1, 0.15) is 0 Å². The fraction of sp³-hybridized carbons (Fsp3) is 0.316. The molecule has 1 aromatic heterocycles. The molecular weight excluding hydrogens is 332 g/mol. The van der Waals surface area contributed by atoms with E-state index in [-0.39, 0.29) is 22.4 Å². The van der Waals surface area contributed by atoms with Gasteiger partial charge >= 0.3 is 6.03 Å². The van der Waals surface area contributed by atoms with Crippen molar-refractivity contribution in [3.05, 3.63) is 46.8 Å². The summed E-state index contributed by atoms with van der Waals surface area (Å²) < 4.78 is 1.93. The lowest BCUT2D eigenvalue weighted by molar-refractivity contribution is 0.0909. The summed E-state index contributed by atoms with van der Waals surface area (Å²) in [6, 6.07) is 4.13. The van der Waals surface area contributed by atoms with Crippen LogP contribution in [-0.4, -0.2) is 22.3 Å². The Morgan fingerprint density at radius 3 is 2.50 bits per heavy atom. The maximum Gasteiger partial charge on any atom is 0.316 e. The zero-order chi connectivity index (χ0) is 19.2. The van der Waals surface area contributed by atoms with E-state index in [1.807, 2.05) is 17.7 Å². The minimum Gasteiger partial charge on any atom is -0.366 e. The number of ketones is 1. The second-order valence-electron chi connectivity index (χ2n) is 7.53. The lowest BCUT2D eigenvalue weighted by Gasteiger charge is -2.30. The highest BCUT2D eigenvalue weighted by molar-refractivity contribution is 6.03. The van der Waals surface area contributed by atoms with Crippen molar-refractivity contribution in [1.82, 2.24) is 4.57 Å². The summed E-state index contributed by atoms with van der Waals surface area (Å²) >= 11 is 0. The van der Waals surface area contributed by atoms with Crippen molar-refractivity contribution in [3.63, 3.8) is 0 Å². The Labute approximate surface area is 151 Å². The number of urea groups is 1. The van der Waals surface area contributed by atoms with Crippen LogP contribution in [0.1, 0.15) is 52.2 Å². The van der Waals surface area contributed by atoms with Crippen LogP contribution in [0.3, 0.4) is 0 Å². The number of aryl methyl sites for hydroxylation is 1. The molecule has 0 spiro atoms. The van der Waals surface area contributed by atoms with Crippen molar-refractivity contribution in [3.8, 4) is 5.69 Å². The molecular formula is C19H22N4O3. The van der Waals surface area contributed by atoms with Gasteiger partial charge in [0.15, 0.2) is 5.78 Å². The van der Waals surface area contributed by atoms with Gasteiger partial charge in [0, 0.05) is 29.6 Å². The van der Waals surface area contributed by atoms with E-state index in [1.54, 1.807) is 18.2 Å². The topological polar surface area (TPSA) is 120 Å². The summed E-state index contributed by atoms with van der Waals surface area (Å²) in [5, 5.41) is 2.43. The van der Waals surface area contributed by atoms with Crippen molar-refractivity contribution in [2.24, 2.45) is 16.9 Å². The van der Waals surface area contributed by atoms with E-state index in [9.17, 15) is 14.4 Å². The molecule has 0 bridgehead atoms. The van der Waals surface area contributed by atoms with Crippen LogP contribution in [0.4, 0.5) is 10.5 Å². The quantitative estimate of drug-likeness (QED) is 0.785. The van der Waals surface area contributed by atoms with Crippen molar-refractivity contribution in [1.29, 1.82) is 0 Å². The third-order valence-electron chi connectivity index (χ3n) is 4.67. The number of carbonyl (C=O) groups is 3. The normalized spacial score (nSPS) is 15.4. The van der Waals surface area contributed by atoms with Gasteiger partial charge in [-0.25, -0.2) is 4.79 Å². The number of nitrogens with one attached hydrogen (secondary N) is 1. The Bertz CT molecular complexity index is 941. The number of fused-ring (bicyclic) bond motifs is 1. The van der Waals surface area contributed by atoms with Crippen LogP contribution in [0.15, 0.2) is 24.4 Å². The molecule has 1 aromatic carbocycles. The number of hydrogen-bond acceptors (Lipinski definition) is 3. The van der Waals surface area contributed by atoms with E-state index in [0.29, 0.717) is 12.1 Å². The van der Waals surface area contributed by atoms with Crippen molar-refractivity contribution in [2.45, 2.75) is 33.6 Å². The van der Waals surface area contributed by atoms with Gasteiger partial charge in [-0.15, -0.1) is 0 Å². The molecule has 0 unspecified atom stereocenters. The molecule has 1 aliphatic carbocycles. The minimum absolute atomic E-state index is 0.131. The molecule has 5 N–H and O–H groups in total. The largest absolute Gasteiger partial charge is 0.366 e. The molecule has 0 saturated carbocycles. The number of aromatic nitrogens is 1. The number of primary amides is 2. The second-order valence-corrected chi connectivity index (χ2v) is 7.53. The fourth-order valence-electron chi connectivity index (χ4n) is 3.64. The molecule has 3 rings (SSSR count). The molecule has 0 fully saturated rings. The van der Waals surface area contributed by atoms with E-state index in [1.165, 1.54) is 0 Å². The van der Waals surface area contributed by atoms with E-state index in [4.69, 9.17) is 11.5 Å². The fourth-order valence-corrected chi connectivity index (χ4v) is 3.64. The number of carbonyl (C=O) groups excluding carboxylic acids is 3. The van der Waals surface area contributed by atoms with E-state index in [2.05, 4.69) is 19.2 Å². The predicted molar refractivity (Wildman–Crippen MR) is 98.7 cm³/mol. The Morgan fingerprint density at radius 2 is 1.88 bits per heavy atom. The van der Waals surface area contributed by atoms with E-state index < -0.39 is 11.9 Å². The maximum atomic E-state index is 12.6. The van der Waals surface area contributed by atoms with Gasteiger partial charge in [0.05, 0.1) is 11.3 Å². The molecule has 3 amide bonds. The molecule has 0 radical (unpaired) electrons. The zero-order valence-corrected chi connectivity index (χ0v) is 15.1. The first-order chi connectivity index (χ1) is 12.1. The summed E-state index contributed by atoms with van der Waals surface area (Å²) in [5.74, 6) is -0.529. The first kappa shape index (κ1) is 17.7. The average molecular weight is 354 g/mol. The summed E-state index contributed by atoms with van der Waals surface area (Å²) in [6.45, 7) is 6.04. The average Bonchev–Trinajstić information content (AvgIpc) is 2.81. The number of anilines is 1. The maximum absolute atomic E-state index is 12.6. The Kier molecular flexibility index (Phi) is 4.10. The molecule has 26 heavy (non-hydrogen) atoms. The standard InChI is InChI=1S/C19H22N4O3/c1-10-9-23(14-7-19(2,3)8-15(24)16(10)14)11-4-5-12(17(20)25)13(6-11)22-18(21)26/h4-6,9H,7-8H2,1-3H3,(H2,20,25)(H3,21,22,26). The van der Waals surface area contributed by atoms with Crippen LogP contribution in [-0.2, 0) is 6.42 Å². The molecule has 2 aromatic rings. The van der Waals surface area contributed by atoms with Gasteiger partial charge < -0.3 is 21.4 Å². The molecule has 0 saturated heterocycles. The van der Waals surface area contributed by atoms with Crippen molar-refractivity contribution < 1.29 is 14.4 Å². The molecule has 7 nitrogen and oxygen atoms in total. The zero-order valence-electron chi connectivity index (χ0n) is 15.1. The number of benzene rings is 1.